The van der Waals surface area contributed by atoms with Crippen molar-refractivity contribution in [2.75, 3.05) is 0 Å². The number of carbonyl (C=O) groups is 2. The second kappa shape index (κ2) is 5.42. The first-order valence-corrected chi connectivity index (χ1v) is 8.78. The lowest BCUT2D eigenvalue weighted by atomic mass is 10.1. The van der Waals surface area contributed by atoms with Gasteiger partial charge in [-0.3, -0.25) is 14.9 Å². The van der Waals surface area contributed by atoms with Gasteiger partial charge in [-0.05, 0) is 35.0 Å². The van der Waals surface area contributed by atoms with Crippen LogP contribution in [-0.2, 0) is 10.1 Å². The van der Waals surface area contributed by atoms with E-state index in [9.17, 15) is 18.0 Å². The Balaban J connectivity index is 1.77. The van der Waals surface area contributed by atoms with Crippen molar-refractivity contribution in [3.05, 3.63) is 71.8 Å². The minimum Gasteiger partial charge on any atom is -0.378 e. The van der Waals surface area contributed by atoms with E-state index in [1.807, 2.05) is 12.1 Å². The van der Waals surface area contributed by atoms with Crippen LogP contribution in [0.3, 0.4) is 0 Å². The first-order valence-electron chi connectivity index (χ1n) is 7.38. The zero-order valence-electron chi connectivity index (χ0n) is 12.7. The molecule has 2 amide bonds. The highest BCUT2D eigenvalue weighted by Gasteiger charge is 2.32. The van der Waals surface area contributed by atoms with Crippen LogP contribution in [0.25, 0.3) is 10.8 Å². The maximum absolute atomic E-state index is 12.6. The van der Waals surface area contributed by atoms with Gasteiger partial charge in [-0.2, -0.15) is 8.42 Å². The zero-order valence-corrected chi connectivity index (χ0v) is 13.5. The Morgan fingerprint density at radius 1 is 0.800 bits per heavy atom. The van der Waals surface area contributed by atoms with E-state index in [4.69, 9.17) is 4.18 Å². The first kappa shape index (κ1) is 15.3. The molecule has 0 aliphatic carbocycles. The highest BCUT2D eigenvalue weighted by Crippen LogP contribution is 2.29. The lowest BCUT2D eigenvalue weighted by Gasteiger charge is -2.10. The molecule has 0 aromatic heterocycles. The van der Waals surface area contributed by atoms with E-state index in [-0.39, 0.29) is 21.8 Å². The number of carbonyl (C=O) groups excluding carboxylic acids is 2. The number of hydrogen-bond acceptors (Lipinski definition) is 5. The van der Waals surface area contributed by atoms with Crippen LogP contribution in [0, 0.1) is 0 Å². The second-order valence-corrected chi connectivity index (χ2v) is 7.05. The third kappa shape index (κ3) is 2.54. The molecule has 0 atom stereocenters. The third-order valence-electron chi connectivity index (χ3n) is 3.93. The highest BCUT2D eigenvalue weighted by molar-refractivity contribution is 7.87. The summed E-state index contributed by atoms with van der Waals surface area (Å²) >= 11 is 0. The van der Waals surface area contributed by atoms with Gasteiger partial charge >= 0.3 is 10.1 Å². The van der Waals surface area contributed by atoms with Gasteiger partial charge in [-0.25, -0.2) is 0 Å². The van der Waals surface area contributed by atoms with Gasteiger partial charge in [0.25, 0.3) is 11.8 Å². The molecular formula is C18H11NO5S. The summed E-state index contributed by atoms with van der Waals surface area (Å²) in [4.78, 5) is 23.5. The van der Waals surface area contributed by atoms with Crippen LogP contribution < -0.4 is 9.50 Å². The first-order chi connectivity index (χ1) is 12.0. The van der Waals surface area contributed by atoms with Crippen molar-refractivity contribution in [2.45, 2.75) is 4.90 Å². The fourth-order valence-electron chi connectivity index (χ4n) is 2.75. The van der Waals surface area contributed by atoms with Crippen molar-refractivity contribution < 1.29 is 22.2 Å². The minimum atomic E-state index is -4.16. The van der Waals surface area contributed by atoms with Crippen LogP contribution in [0.4, 0.5) is 0 Å². The van der Waals surface area contributed by atoms with Crippen molar-refractivity contribution in [3.8, 4) is 5.75 Å². The predicted octanol–water partition coefficient (Wildman–Crippen LogP) is 2.49. The molecule has 3 aromatic carbocycles. The summed E-state index contributed by atoms with van der Waals surface area (Å²) < 4.78 is 30.3. The summed E-state index contributed by atoms with van der Waals surface area (Å²) in [6, 6.07) is 16.2. The number of fused-ring (bicyclic) bond motifs is 2. The Morgan fingerprint density at radius 2 is 1.56 bits per heavy atom. The smallest absolute Gasteiger partial charge is 0.339 e. The maximum atomic E-state index is 12.6. The number of hydrogen-bond donors (Lipinski definition) is 1. The van der Waals surface area contributed by atoms with Crippen molar-refractivity contribution in [2.24, 2.45) is 0 Å². The van der Waals surface area contributed by atoms with Crippen molar-refractivity contribution in [1.82, 2.24) is 5.32 Å². The molecule has 0 spiro atoms. The molecule has 1 N–H and O–H groups in total. The van der Waals surface area contributed by atoms with Gasteiger partial charge in [0.1, 0.15) is 4.90 Å². The molecule has 1 aliphatic heterocycles. The number of amides is 2. The lowest BCUT2D eigenvalue weighted by Crippen LogP contribution is -2.20. The number of imide groups is 1. The summed E-state index contributed by atoms with van der Waals surface area (Å²) in [6.45, 7) is 0. The molecule has 0 saturated carbocycles. The monoisotopic (exact) mass is 353 g/mol. The SMILES string of the molecule is O=C1NC(=O)c2c(OS(=O)(=O)c3ccc4ccccc4c3)cccc21. The van der Waals surface area contributed by atoms with Gasteiger partial charge in [0.15, 0.2) is 5.75 Å². The molecule has 0 unspecified atom stereocenters. The Bertz CT molecular complexity index is 1150. The zero-order chi connectivity index (χ0) is 17.6. The van der Waals surface area contributed by atoms with Gasteiger partial charge in [-0.15, -0.1) is 0 Å². The van der Waals surface area contributed by atoms with Gasteiger partial charge in [0, 0.05) is 0 Å². The van der Waals surface area contributed by atoms with Crippen molar-refractivity contribution in [1.29, 1.82) is 0 Å². The fraction of sp³-hybridized carbons (Fsp3) is 0. The average Bonchev–Trinajstić information content (AvgIpc) is 2.89. The summed E-state index contributed by atoms with van der Waals surface area (Å²) in [6.07, 6.45) is 0. The maximum Gasteiger partial charge on any atom is 0.339 e. The molecule has 6 nitrogen and oxygen atoms in total. The van der Waals surface area contributed by atoms with Gasteiger partial charge < -0.3 is 4.18 Å². The Labute approximate surface area is 143 Å². The quantitative estimate of drug-likeness (QED) is 0.577. The largest absolute Gasteiger partial charge is 0.378 e. The normalized spacial score (nSPS) is 13.6. The van der Waals surface area contributed by atoms with Crippen LogP contribution in [0.1, 0.15) is 20.7 Å². The number of nitrogens with one attached hydrogen (secondary N) is 1. The molecule has 3 aromatic rings. The molecule has 25 heavy (non-hydrogen) atoms. The molecular weight excluding hydrogens is 342 g/mol. The van der Waals surface area contributed by atoms with E-state index in [1.165, 1.54) is 30.3 Å². The highest BCUT2D eigenvalue weighted by atomic mass is 32.2. The van der Waals surface area contributed by atoms with Crippen molar-refractivity contribution in [3.63, 3.8) is 0 Å². The van der Waals surface area contributed by atoms with Gasteiger partial charge in [0.2, 0.25) is 0 Å². The molecule has 4 rings (SSSR count). The topological polar surface area (TPSA) is 89.5 Å². The van der Waals surface area contributed by atoms with E-state index < -0.39 is 21.9 Å². The summed E-state index contributed by atoms with van der Waals surface area (Å²) in [5.74, 6) is -1.42. The molecule has 0 radical (unpaired) electrons. The van der Waals surface area contributed by atoms with E-state index in [0.29, 0.717) is 0 Å². The van der Waals surface area contributed by atoms with Gasteiger partial charge in [0.05, 0.1) is 11.1 Å². The molecule has 1 heterocycles. The molecule has 124 valence electrons. The number of benzene rings is 3. The van der Waals surface area contributed by atoms with Crippen LogP contribution in [0.15, 0.2) is 65.6 Å². The van der Waals surface area contributed by atoms with Crippen molar-refractivity contribution >= 4 is 32.7 Å². The lowest BCUT2D eigenvalue weighted by molar-refractivity contribution is 0.0879. The van der Waals surface area contributed by atoms with E-state index in [2.05, 4.69) is 5.32 Å². The Kier molecular flexibility index (Phi) is 3.33. The molecule has 0 fully saturated rings. The van der Waals surface area contributed by atoms with E-state index >= 15 is 0 Å². The summed E-state index contributed by atoms with van der Waals surface area (Å²) in [5, 5.41) is 3.76. The summed E-state index contributed by atoms with van der Waals surface area (Å²) in [5.41, 5.74) is 0.0214. The summed E-state index contributed by atoms with van der Waals surface area (Å²) in [7, 11) is -4.16. The van der Waals surface area contributed by atoms with Crippen LogP contribution >= 0.6 is 0 Å². The van der Waals surface area contributed by atoms with Crippen LogP contribution in [0.2, 0.25) is 0 Å². The molecule has 0 bridgehead atoms. The van der Waals surface area contributed by atoms with Gasteiger partial charge in [-0.1, -0.05) is 36.4 Å². The molecule has 0 saturated heterocycles. The number of rotatable bonds is 3. The van der Waals surface area contributed by atoms with Crippen LogP contribution in [0.5, 0.6) is 5.75 Å². The average molecular weight is 353 g/mol. The standard InChI is InChI=1S/C18H11NO5S/c20-17-14-6-3-7-15(16(14)18(21)19-17)24-25(22,23)13-9-8-11-4-1-2-5-12(11)10-13/h1-10H,(H,19,20,21). The van der Waals surface area contributed by atoms with Crippen LogP contribution in [-0.4, -0.2) is 20.2 Å². The predicted molar refractivity (Wildman–Crippen MR) is 90.0 cm³/mol. The second-order valence-electron chi connectivity index (χ2n) is 5.51. The molecule has 1 aliphatic rings. The minimum absolute atomic E-state index is 0.0338. The Hall–Kier alpha value is -3.19. The molecule has 7 heteroatoms. The van der Waals surface area contributed by atoms with E-state index in [0.717, 1.165) is 10.8 Å². The fourth-order valence-corrected chi connectivity index (χ4v) is 3.72. The Morgan fingerprint density at radius 3 is 2.36 bits per heavy atom. The van der Waals surface area contributed by atoms with E-state index in [1.54, 1.807) is 18.2 Å². The third-order valence-corrected chi connectivity index (χ3v) is 5.16.